The van der Waals surface area contributed by atoms with Gasteiger partial charge in [-0.2, -0.15) is 0 Å². The van der Waals surface area contributed by atoms with Gasteiger partial charge in [0.05, 0.1) is 12.3 Å². The second kappa shape index (κ2) is 6.93. The maximum absolute atomic E-state index is 10.9. The summed E-state index contributed by atoms with van der Waals surface area (Å²) in [6.07, 6.45) is 3.04. The Morgan fingerprint density at radius 1 is 1.22 bits per heavy atom. The van der Waals surface area contributed by atoms with Crippen molar-refractivity contribution < 1.29 is 19.1 Å². The van der Waals surface area contributed by atoms with E-state index in [1.165, 1.54) is 0 Å². The first-order valence-corrected chi connectivity index (χ1v) is 8.04. The Kier molecular flexibility index (Phi) is 5.86. The highest BCUT2D eigenvalue weighted by atomic mass is 31.2. The maximum atomic E-state index is 10.9. The lowest BCUT2D eigenvalue weighted by atomic mass is 10.1. The summed E-state index contributed by atoms with van der Waals surface area (Å²) < 4.78 is 16.7. The minimum atomic E-state index is -3.99. The molecular formula is C13H21O4P. The first kappa shape index (κ1) is 15.2. The fraction of sp³-hybridized carbons (Fsp3) is 0.538. The van der Waals surface area contributed by atoms with E-state index in [4.69, 9.17) is 14.5 Å². The summed E-state index contributed by atoms with van der Waals surface area (Å²) in [7, 11) is -3.99. The highest BCUT2D eigenvalue weighted by molar-refractivity contribution is 7.50. The average molecular weight is 272 g/mol. The van der Waals surface area contributed by atoms with Crippen molar-refractivity contribution in [3.05, 3.63) is 29.8 Å². The summed E-state index contributed by atoms with van der Waals surface area (Å²) in [4.78, 5) is 17.7. The van der Waals surface area contributed by atoms with Crippen molar-refractivity contribution >= 4 is 7.60 Å². The molecule has 5 heteroatoms. The van der Waals surface area contributed by atoms with Crippen LogP contribution in [0.2, 0.25) is 0 Å². The Bertz CT molecular complexity index is 396. The molecule has 1 atom stereocenters. The van der Waals surface area contributed by atoms with Crippen LogP contribution in [0.3, 0.4) is 0 Å². The Labute approximate surface area is 108 Å². The van der Waals surface area contributed by atoms with E-state index in [1.807, 2.05) is 0 Å². The van der Waals surface area contributed by atoms with Crippen molar-refractivity contribution in [2.75, 3.05) is 0 Å². The molecule has 102 valence electrons. The van der Waals surface area contributed by atoms with Crippen LogP contribution < -0.4 is 4.74 Å². The van der Waals surface area contributed by atoms with Gasteiger partial charge in [0.25, 0.3) is 0 Å². The lowest BCUT2D eigenvalue weighted by Crippen LogP contribution is -2.14. The molecule has 1 aromatic carbocycles. The molecule has 0 heterocycles. The average Bonchev–Trinajstić information content (AvgIpc) is 2.29. The Morgan fingerprint density at radius 2 is 1.83 bits per heavy atom. The standard InChI is InChI=1S/C13H21O4P/c1-3-5-12(4-2)17-13-8-6-11(7-9-13)10-18(14,15)16/h6-9,12H,3-5,10H2,1-2H3,(H2,14,15,16). The van der Waals surface area contributed by atoms with E-state index in [1.54, 1.807) is 24.3 Å². The molecule has 1 unspecified atom stereocenters. The van der Waals surface area contributed by atoms with Crippen LogP contribution in [0.1, 0.15) is 38.7 Å². The summed E-state index contributed by atoms with van der Waals surface area (Å²) in [6.45, 7) is 4.21. The van der Waals surface area contributed by atoms with E-state index >= 15 is 0 Å². The molecule has 18 heavy (non-hydrogen) atoms. The topological polar surface area (TPSA) is 66.8 Å². The zero-order valence-corrected chi connectivity index (χ0v) is 11.8. The molecule has 2 N–H and O–H groups in total. The van der Waals surface area contributed by atoms with Crippen LogP contribution in [0.5, 0.6) is 5.75 Å². The van der Waals surface area contributed by atoms with E-state index in [0.717, 1.165) is 25.0 Å². The van der Waals surface area contributed by atoms with Crippen molar-refractivity contribution in [3.63, 3.8) is 0 Å². The van der Waals surface area contributed by atoms with Crippen molar-refractivity contribution in [2.24, 2.45) is 0 Å². The van der Waals surface area contributed by atoms with Crippen LogP contribution in [0.15, 0.2) is 24.3 Å². The molecule has 0 aromatic heterocycles. The largest absolute Gasteiger partial charge is 0.490 e. The van der Waals surface area contributed by atoms with Crippen LogP contribution in [-0.4, -0.2) is 15.9 Å². The fourth-order valence-electron chi connectivity index (χ4n) is 1.77. The second-order valence-corrected chi connectivity index (χ2v) is 6.05. The molecule has 1 aromatic rings. The highest BCUT2D eigenvalue weighted by Crippen LogP contribution is 2.39. The zero-order chi connectivity index (χ0) is 13.6. The van der Waals surface area contributed by atoms with Gasteiger partial charge < -0.3 is 14.5 Å². The Balaban J connectivity index is 2.62. The summed E-state index contributed by atoms with van der Waals surface area (Å²) in [5, 5.41) is 0. The molecular weight excluding hydrogens is 251 g/mol. The third kappa shape index (κ3) is 5.67. The monoisotopic (exact) mass is 272 g/mol. The van der Waals surface area contributed by atoms with Crippen molar-refractivity contribution in [2.45, 2.75) is 45.4 Å². The number of ether oxygens (including phenoxy) is 1. The second-order valence-electron chi connectivity index (χ2n) is 4.40. The molecule has 4 nitrogen and oxygen atoms in total. The van der Waals surface area contributed by atoms with Gasteiger partial charge in [-0.1, -0.05) is 32.4 Å². The van der Waals surface area contributed by atoms with E-state index in [0.29, 0.717) is 5.56 Å². The predicted octanol–water partition coefficient (Wildman–Crippen LogP) is 3.32. The SMILES string of the molecule is CCCC(CC)Oc1ccc(CP(=O)(O)O)cc1. The number of rotatable bonds is 7. The smallest absolute Gasteiger partial charge is 0.329 e. The van der Waals surface area contributed by atoms with Gasteiger partial charge in [-0.05, 0) is 30.5 Å². The van der Waals surface area contributed by atoms with E-state index in [-0.39, 0.29) is 12.3 Å². The Morgan fingerprint density at radius 3 is 2.28 bits per heavy atom. The van der Waals surface area contributed by atoms with Gasteiger partial charge in [0.2, 0.25) is 0 Å². The van der Waals surface area contributed by atoms with Gasteiger partial charge in [-0.3, -0.25) is 4.57 Å². The normalized spacial score (nSPS) is 13.3. The van der Waals surface area contributed by atoms with E-state index in [2.05, 4.69) is 13.8 Å². The summed E-state index contributed by atoms with van der Waals surface area (Å²) in [6, 6.07) is 6.94. The summed E-state index contributed by atoms with van der Waals surface area (Å²) >= 11 is 0. The highest BCUT2D eigenvalue weighted by Gasteiger charge is 2.14. The van der Waals surface area contributed by atoms with Crippen molar-refractivity contribution in [3.8, 4) is 5.75 Å². The first-order valence-electron chi connectivity index (χ1n) is 6.24. The summed E-state index contributed by atoms with van der Waals surface area (Å²) in [5.41, 5.74) is 0.624. The van der Waals surface area contributed by atoms with Gasteiger partial charge in [0, 0.05) is 0 Å². The van der Waals surface area contributed by atoms with Gasteiger partial charge >= 0.3 is 7.60 Å². The molecule has 1 rings (SSSR count). The molecule has 0 saturated carbocycles. The quantitative estimate of drug-likeness (QED) is 0.747. The van der Waals surface area contributed by atoms with Crippen LogP contribution in [-0.2, 0) is 10.7 Å². The molecule has 0 aliphatic carbocycles. The zero-order valence-electron chi connectivity index (χ0n) is 10.9. The molecule has 0 bridgehead atoms. The maximum Gasteiger partial charge on any atom is 0.329 e. The van der Waals surface area contributed by atoms with Gasteiger partial charge in [0.15, 0.2) is 0 Å². The number of hydrogen-bond donors (Lipinski definition) is 2. The molecule has 0 spiro atoms. The number of benzene rings is 1. The molecule has 0 aliphatic heterocycles. The Hall–Kier alpha value is -0.830. The van der Waals surface area contributed by atoms with E-state index in [9.17, 15) is 4.57 Å². The molecule has 0 amide bonds. The third-order valence-electron chi connectivity index (χ3n) is 2.68. The van der Waals surface area contributed by atoms with Crippen LogP contribution in [0.4, 0.5) is 0 Å². The van der Waals surface area contributed by atoms with Crippen LogP contribution >= 0.6 is 7.60 Å². The van der Waals surface area contributed by atoms with Crippen LogP contribution in [0.25, 0.3) is 0 Å². The van der Waals surface area contributed by atoms with Crippen LogP contribution in [0, 0.1) is 0 Å². The molecule has 0 radical (unpaired) electrons. The van der Waals surface area contributed by atoms with Gasteiger partial charge in [-0.15, -0.1) is 0 Å². The van der Waals surface area contributed by atoms with Gasteiger partial charge in [0.1, 0.15) is 5.75 Å². The molecule has 0 saturated heterocycles. The molecule has 0 fully saturated rings. The third-order valence-corrected chi connectivity index (χ3v) is 3.46. The lowest BCUT2D eigenvalue weighted by molar-refractivity contribution is 0.185. The minimum absolute atomic E-state index is 0.211. The van der Waals surface area contributed by atoms with Crippen molar-refractivity contribution in [1.29, 1.82) is 0 Å². The fourth-order valence-corrected chi connectivity index (χ4v) is 2.46. The first-order chi connectivity index (χ1) is 8.44. The van der Waals surface area contributed by atoms with Gasteiger partial charge in [-0.25, -0.2) is 0 Å². The lowest BCUT2D eigenvalue weighted by Gasteiger charge is -2.17. The van der Waals surface area contributed by atoms with E-state index < -0.39 is 7.60 Å². The number of hydrogen-bond acceptors (Lipinski definition) is 2. The minimum Gasteiger partial charge on any atom is -0.490 e. The summed E-state index contributed by atoms with van der Waals surface area (Å²) in [5.74, 6) is 0.754. The predicted molar refractivity (Wildman–Crippen MR) is 71.8 cm³/mol. The molecule has 0 aliphatic rings. The van der Waals surface area contributed by atoms with Crippen molar-refractivity contribution in [1.82, 2.24) is 0 Å².